The summed E-state index contributed by atoms with van der Waals surface area (Å²) in [6.45, 7) is 2.69. The van der Waals surface area contributed by atoms with E-state index in [-0.39, 0.29) is 30.5 Å². The Morgan fingerprint density at radius 3 is 2.79 bits per heavy atom. The Labute approximate surface area is 163 Å². The lowest BCUT2D eigenvalue weighted by atomic mass is 10.1. The predicted molar refractivity (Wildman–Crippen MR) is 103 cm³/mol. The second-order valence-corrected chi connectivity index (χ2v) is 6.45. The van der Waals surface area contributed by atoms with Crippen molar-refractivity contribution in [3.63, 3.8) is 0 Å². The van der Waals surface area contributed by atoms with Gasteiger partial charge in [0.05, 0.1) is 12.3 Å². The van der Waals surface area contributed by atoms with Crippen molar-refractivity contribution in [2.45, 2.75) is 25.9 Å². The summed E-state index contributed by atoms with van der Waals surface area (Å²) in [5.74, 6) is 0.115. The van der Waals surface area contributed by atoms with Gasteiger partial charge in [-0.3, -0.25) is 9.59 Å². The van der Waals surface area contributed by atoms with Crippen LogP contribution >= 0.6 is 0 Å². The number of rotatable bonds is 8. The first-order valence-corrected chi connectivity index (χ1v) is 9.27. The molecule has 7 heteroatoms. The highest BCUT2D eigenvalue weighted by atomic mass is 19.1. The van der Waals surface area contributed by atoms with E-state index in [4.69, 9.17) is 9.47 Å². The van der Waals surface area contributed by atoms with Crippen LogP contribution in [0.5, 0.6) is 11.5 Å². The first kappa shape index (κ1) is 19.7. The molecule has 2 amide bonds. The van der Waals surface area contributed by atoms with Crippen molar-refractivity contribution in [1.82, 2.24) is 5.32 Å². The number of fused-ring (bicyclic) bond motifs is 1. The van der Waals surface area contributed by atoms with Crippen LogP contribution in [0.15, 0.2) is 48.5 Å². The van der Waals surface area contributed by atoms with Crippen molar-refractivity contribution in [2.24, 2.45) is 0 Å². The summed E-state index contributed by atoms with van der Waals surface area (Å²) in [4.78, 5) is 26.1. The number of nitrogens with zero attached hydrogens (tertiary/aromatic N) is 1. The number of hydrogen-bond donors (Lipinski definition) is 1. The van der Waals surface area contributed by atoms with E-state index in [1.807, 2.05) is 12.1 Å². The predicted octanol–water partition coefficient (Wildman–Crippen LogP) is 2.92. The molecule has 1 unspecified atom stereocenters. The molecule has 1 N–H and O–H groups in total. The molecule has 1 heterocycles. The van der Waals surface area contributed by atoms with Crippen LogP contribution < -0.4 is 19.7 Å². The van der Waals surface area contributed by atoms with Gasteiger partial charge in [-0.1, -0.05) is 24.3 Å². The first-order valence-electron chi connectivity index (χ1n) is 9.27. The maximum absolute atomic E-state index is 13.4. The lowest BCUT2D eigenvalue weighted by molar-refractivity contribution is -0.125. The minimum atomic E-state index is -0.575. The average molecular weight is 386 g/mol. The van der Waals surface area contributed by atoms with Gasteiger partial charge in [-0.25, -0.2) is 4.39 Å². The van der Waals surface area contributed by atoms with Gasteiger partial charge in [0, 0.05) is 19.5 Å². The van der Waals surface area contributed by atoms with E-state index in [0.717, 1.165) is 0 Å². The van der Waals surface area contributed by atoms with Crippen LogP contribution in [0, 0.1) is 5.82 Å². The molecular weight excluding hydrogens is 363 g/mol. The summed E-state index contributed by atoms with van der Waals surface area (Å²) in [6, 6.07) is 13.5. The molecule has 3 rings (SSSR count). The summed E-state index contributed by atoms with van der Waals surface area (Å²) in [5, 5.41) is 2.79. The van der Waals surface area contributed by atoms with Crippen molar-refractivity contribution in [2.75, 3.05) is 24.6 Å². The second-order valence-electron chi connectivity index (χ2n) is 6.45. The number of halogens is 1. The van der Waals surface area contributed by atoms with Crippen LogP contribution in [0.25, 0.3) is 0 Å². The minimum absolute atomic E-state index is 0.157. The highest BCUT2D eigenvalue weighted by Crippen LogP contribution is 2.33. The number of benzene rings is 2. The van der Waals surface area contributed by atoms with Crippen molar-refractivity contribution < 1.29 is 23.5 Å². The molecule has 0 saturated carbocycles. The molecule has 2 aromatic carbocycles. The normalized spacial score (nSPS) is 15.6. The Hall–Kier alpha value is -3.09. The smallest absolute Gasteiger partial charge is 0.267 e. The molecule has 0 fully saturated rings. The van der Waals surface area contributed by atoms with Crippen LogP contribution in [0.3, 0.4) is 0 Å². The molecule has 6 nitrogen and oxygen atoms in total. The van der Waals surface area contributed by atoms with Gasteiger partial charge < -0.3 is 19.7 Å². The molecule has 0 aromatic heterocycles. The van der Waals surface area contributed by atoms with Crippen LogP contribution in [0.2, 0.25) is 0 Å². The van der Waals surface area contributed by atoms with Crippen molar-refractivity contribution in [3.8, 4) is 11.5 Å². The molecule has 0 spiro atoms. The Balaban J connectivity index is 1.41. The van der Waals surface area contributed by atoms with E-state index >= 15 is 0 Å². The SMILES string of the molecule is CC1Oc2ccccc2N(CCC(=O)NCCCOc2ccccc2F)C1=O. The third-order valence-electron chi connectivity index (χ3n) is 4.37. The average Bonchev–Trinajstić information content (AvgIpc) is 2.69. The van der Waals surface area contributed by atoms with Gasteiger partial charge in [0.25, 0.3) is 5.91 Å². The fourth-order valence-electron chi connectivity index (χ4n) is 2.94. The zero-order valence-electron chi connectivity index (χ0n) is 15.7. The highest BCUT2D eigenvalue weighted by molar-refractivity contribution is 6.00. The lowest BCUT2D eigenvalue weighted by Crippen LogP contribution is -2.45. The Morgan fingerprint density at radius 1 is 1.21 bits per heavy atom. The van der Waals surface area contributed by atoms with Crippen LogP contribution in [0.4, 0.5) is 10.1 Å². The van der Waals surface area contributed by atoms with E-state index in [2.05, 4.69) is 5.32 Å². The van der Waals surface area contributed by atoms with Crippen LogP contribution in [-0.4, -0.2) is 37.6 Å². The zero-order valence-corrected chi connectivity index (χ0v) is 15.7. The molecule has 1 atom stereocenters. The lowest BCUT2D eigenvalue weighted by Gasteiger charge is -2.32. The maximum atomic E-state index is 13.4. The topological polar surface area (TPSA) is 67.9 Å². The largest absolute Gasteiger partial charge is 0.490 e. The highest BCUT2D eigenvalue weighted by Gasteiger charge is 2.31. The molecule has 2 aromatic rings. The van der Waals surface area contributed by atoms with Crippen molar-refractivity contribution >= 4 is 17.5 Å². The summed E-state index contributed by atoms with van der Waals surface area (Å²) < 4.78 is 24.4. The molecular formula is C21H23FN2O4. The van der Waals surface area contributed by atoms with Crippen LogP contribution in [-0.2, 0) is 9.59 Å². The number of ether oxygens (including phenoxy) is 2. The van der Waals surface area contributed by atoms with Crippen molar-refractivity contribution in [1.29, 1.82) is 0 Å². The van der Waals surface area contributed by atoms with Gasteiger partial charge >= 0.3 is 0 Å². The van der Waals surface area contributed by atoms with E-state index in [1.54, 1.807) is 42.2 Å². The standard InChI is InChI=1S/C21H23FN2O4/c1-15-21(26)24(17-8-3-5-10-19(17)28-15)13-11-20(25)23-12-6-14-27-18-9-4-2-7-16(18)22/h2-5,7-10,15H,6,11-14H2,1H3,(H,23,25). The molecule has 28 heavy (non-hydrogen) atoms. The Morgan fingerprint density at radius 2 is 1.96 bits per heavy atom. The summed E-state index contributed by atoms with van der Waals surface area (Å²) in [6.07, 6.45) is 0.158. The molecule has 0 saturated heterocycles. The number of amides is 2. The number of para-hydroxylation sites is 3. The summed E-state index contributed by atoms with van der Waals surface area (Å²) in [7, 11) is 0. The molecule has 1 aliphatic heterocycles. The number of anilines is 1. The van der Waals surface area contributed by atoms with Gasteiger partial charge in [0.1, 0.15) is 5.75 Å². The second kappa shape index (κ2) is 9.21. The molecule has 0 bridgehead atoms. The van der Waals surface area contributed by atoms with Crippen molar-refractivity contribution in [3.05, 3.63) is 54.3 Å². The fourth-order valence-corrected chi connectivity index (χ4v) is 2.94. The Kier molecular flexibility index (Phi) is 6.47. The number of nitrogens with one attached hydrogen (secondary N) is 1. The quantitative estimate of drug-likeness (QED) is 0.709. The molecule has 0 aliphatic carbocycles. The van der Waals surface area contributed by atoms with Crippen LogP contribution in [0.1, 0.15) is 19.8 Å². The van der Waals surface area contributed by atoms with Gasteiger partial charge in [-0.05, 0) is 37.6 Å². The van der Waals surface area contributed by atoms with E-state index in [0.29, 0.717) is 31.0 Å². The maximum Gasteiger partial charge on any atom is 0.267 e. The summed E-state index contributed by atoms with van der Waals surface area (Å²) in [5.41, 5.74) is 0.677. The van der Waals surface area contributed by atoms with Gasteiger partial charge in [0.2, 0.25) is 5.91 Å². The number of carbonyl (C=O) groups excluding carboxylic acids is 2. The third kappa shape index (κ3) is 4.79. The first-order chi connectivity index (χ1) is 13.6. The van der Waals surface area contributed by atoms with E-state index < -0.39 is 11.9 Å². The minimum Gasteiger partial charge on any atom is -0.490 e. The van der Waals surface area contributed by atoms with E-state index in [9.17, 15) is 14.0 Å². The third-order valence-corrected chi connectivity index (χ3v) is 4.37. The molecule has 0 radical (unpaired) electrons. The monoisotopic (exact) mass is 386 g/mol. The molecule has 148 valence electrons. The fraction of sp³-hybridized carbons (Fsp3) is 0.333. The number of hydrogen-bond acceptors (Lipinski definition) is 4. The van der Waals surface area contributed by atoms with Gasteiger partial charge in [-0.2, -0.15) is 0 Å². The summed E-state index contributed by atoms with van der Waals surface area (Å²) >= 11 is 0. The van der Waals surface area contributed by atoms with Gasteiger partial charge in [0.15, 0.2) is 17.7 Å². The van der Waals surface area contributed by atoms with Gasteiger partial charge in [-0.15, -0.1) is 0 Å². The Bertz CT molecular complexity index is 843. The molecule has 1 aliphatic rings. The van der Waals surface area contributed by atoms with E-state index in [1.165, 1.54) is 6.07 Å². The zero-order chi connectivity index (χ0) is 19.9. The number of carbonyl (C=O) groups is 2.